The Balaban J connectivity index is 1.73. The zero-order valence-electron chi connectivity index (χ0n) is 16.8. The molecule has 0 aliphatic heterocycles. The normalized spacial score (nSPS) is 11.4. The fourth-order valence-electron chi connectivity index (χ4n) is 3.31. The van der Waals surface area contributed by atoms with Crippen molar-refractivity contribution in [3.05, 3.63) is 88.2 Å². The topological polar surface area (TPSA) is 43.6 Å². The van der Waals surface area contributed by atoms with Gasteiger partial charge in [0.05, 0.1) is 16.8 Å². The van der Waals surface area contributed by atoms with E-state index >= 15 is 0 Å². The van der Waals surface area contributed by atoms with Crippen LogP contribution in [0.2, 0.25) is 0 Å². The summed E-state index contributed by atoms with van der Waals surface area (Å²) in [5.41, 5.74) is 3.75. The number of hydrogen-bond acceptors (Lipinski definition) is 3. The van der Waals surface area contributed by atoms with Crippen LogP contribution in [0.4, 0.5) is 0 Å². The largest absolute Gasteiger partial charge is 0.457 e. The van der Waals surface area contributed by atoms with E-state index in [1.807, 2.05) is 47.9 Å². The Morgan fingerprint density at radius 3 is 2.60 bits per heavy atom. The SMILES string of the molecule is C#CCn1c(=NC(=O)c2cccc(Oc3ccccc3)c2)sc2c(C)cc(C)cc21. The minimum Gasteiger partial charge on any atom is -0.457 e. The summed E-state index contributed by atoms with van der Waals surface area (Å²) in [5, 5.41) is 0. The van der Waals surface area contributed by atoms with Gasteiger partial charge in [-0.05, 0) is 61.4 Å². The molecule has 4 aromatic rings. The van der Waals surface area contributed by atoms with Crippen LogP contribution >= 0.6 is 11.3 Å². The van der Waals surface area contributed by atoms with Gasteiger partial charge in [-0.2, -0.15) is 4.99 Å². The van der Waals surface area contributed by atoms with Gasteiger partial charge in [0.15, 0.2) is 4.80 Å². The van der Waals surface area contributed by atoms with E-state index < -0.39 is 0 Å². The predicted octanol–water partition coefficient (Wildman–Crippen LogP) is 5.49. The quantitative estimate of drug-likeness (QED) is 0.416. The van der Waals surface area contributed by atoms with Crippen LogP contribution in [0.1, 0.15) is 21.5 Å². The third-order valence-electron chi connectivity index (χ3n) is 4.62. The van der Waals surface area contributed by atoms with Crippen molar-refractivity contribution in [2.24, 2.45) is 4.99 Å². The molecule has 0 bridgehead atoms. The van der Waals surface area contributed by atoms with Gasteiger partial charge in [-0.3, -0.25) is 4.79 Å². The average Bonchev–Trinajstić information content (AvgIpc) is 3.07. The highest BCUT2D eigenvalue weighted by Crippen LogP contribution is 2.24. The van der Waals surface area contributed by atoms with Crippen LogP contribution in [0, 0.1) is 26.2 Å². The summed E-state index contributed by atoms with van der Waals surface area (Å²) >= 11 is 1.48. The fourth-order valence-corrected chi connectivity index (χ4v) is 4.39. The number of fused-ring (bicyclic) bond motifs is 1. The number of aryl methyl sites for hydroxylation is 2. The highest BCUT2D eigenvalue weighted by molar-refractivity contribution is 7.16. The molecule has 1 amide bonds. The molecule has 4 nitrogen and oxygen atoms in total. The molecule has 0 fully saturated rings. The van der Waals surface area contributed by atoms with Crippen molar-refractivity contribution in [1.82, 2.24) is 4.57 Å². The van der Waals surface area contributed by atoms with E-state index in [0.717, 1.165) is 21.3 Å². The maximum atomic E-state index is 12.9. The number of thiazole rings is 1. The van der Waals surface area contributed by atoms with E-state index in [1.54, 1.807) is 18.2 Å². The maximum absolute atomic E-state index is 12.9. The smallest absolute Gasteiger partial charge is 0.279 e. The first kappa shape index (κ1) is 19.7. The molecule has 0 spiro atoms. The highest BCUT2D eigenvalue weighted by atomic mass is 32.1. The first-order valence-electron chi connectivity index (χ1n) is 9.51. The van der Waals surface area contributed by atoms with Crippen LogP contribution in [0.15, 0.2) is 71.7 Å². The minimum atomic E-state index is -0.333. The lowest BCUT2D eigenvalue weighted by Crippen LogP contribution is -2.16. The molecule has 0 N–H and O–H groups in total. The van der Waals surface area contributed by atoms with Gasteiger partial charge in [0.25, 0.3) is 5.91 Å². The maximum Gasteiger partial charge on any atom is 0.279 e. The molecule has 1 aromatic heterocycles. The number of terminal acetylenes is 1. The first-order valence-corrected chi connectivity index (χ1v) is 10.3. The number of para-hydroxylation sites is 1. The number of ether oxygens (including phenoxy) is 1. The predicted molar refractivity (Wildman–Crippen MR) is 121 cm³/mol. The molecule has 0 radical (unpaired) electrons. The van der Waals surface area contributed by atoms with Crippen molar-refractivity contribution in [2.45, 2.75) is 20.4 Å². The molecule has 0 saturated heterocycles. The van der Waals surface area contributed by atoms with Gasteiger partial charge in [-0.25, -0.2) is 0 Å². The van der Waals surface area contributed by atoms with Crippen LogP contribution in [0.25, 0.3) is 10.2 Å². The van der Waals surface area contributed by atoms with E-state index in [0.29, 0.717) is 28.4 Å². The number of carbonyl (C=O) groups is 1. The van der Waals surface area contributed by atoms with Crippen molar-refractivity contribution in [3.8, 4) is 23.8 Å². The van der Waals surface area contributed by atoms with Gasteiger partial charge in [-0.1, -0.05) is 47.6 Å². The van der Waals surface area contributed by atoms with Crippen LogP contribution in [-0.4, -0.2) is 10.5 Å². The molecule has 0 unspecified atom stereocenters. The lowest BCUT2D eigenvalue weighted by molar-refractivity contribution is 0.0997. The molecule has 30 heavy (non-hydrogen) atoms. The lowest BCUT2D eigenvalue weighted by atomic mass is 10.1. The Labute approximate surface area is 179 Å². The number of benzene rings is 3. The molecule has 1 heterocycles. The molecule has 0 aliphatic carbocycles. The molecule has 148 valence electrons. The summed E-state index contributed by atoms with van der Waals surface area (Å²) in [4.78, 5) is 17.9. The van der Waals surface area contributed by atoms with Crippen LogP contribution in [0.5, 0.6) is 11.5 Å². The van der Waals surface area contributed by atoms with Gasteiger partial charge in [0.2, 0.25) is 0 Å². The number of hydrogen-bond donors (Lipinski definition) is 0. The third-order valence-corrected chi connectivity index (χ3v) is 5.85. The summed E-state index contributed by atoms with van der Waals surface area (Å²) in [7, 11) is 0. The van der Waals surface area contributed by atoms with Crippen molar-refractivity contribution < 1.29 is 9.53 Å². The number of nitrogens with zero attached hydrogens (tertiary/aromatic N) is 2. The highest BCUT2D eigenvalue weighted by Gasteiger charge is 2.12. The summed E-state index contributed by atoms with van der Waals surface area (Å²) < 4.78 is 8.84. The monoisotopic (exact) mass is 412 g/mol. The lowest BCUT2D eigenvalue weighted by Gasteiger charge is -2.06. The minimum absolute atomic E-state index is 0.333. The van der Waals surface area contributed by atoms with E-state index in [9.17, 15) is 4.79 Å². The standard InChI is InChI=1S/C25H20N2O2S/c1-4-13-27-22-15-17(2)14-18(3)23(22)30-25(27)26-24(28)19-9-8-12-21(16-19)29-20-10-6-5-7-11-20/h1,5-12,14-16H,13H2,2-3H3. The van der Waals surface area contributed by atoms with Gasteiger partial charge in [0.1, 0.15) is 11.5 Å². The van der Waals surface area contributed by atoms with E-state index in [-0.39, 0.29) is 5.91 Å². The number of carbonyl (C=O) groups excluding carboxylic acids is 1. The summed E-state index contributed by atoms with van der Waals surface area (Å²) in [6.45, 7) is 4.46. The molecule has 4 rings (SSSR count). The average molecular weight is 413 g/mol. The Morgan fingerprint density at radius 2 is 1.83 bits per heavy atom. The molecule has 0 atom stereocenters. The second-order valence-corrected chi connectivity index (χ2v) is 7.94. The molecular formula is C25H20N2O2S. The third kappa shape index (κ3) is 4.05. The molecule has 0 aliphatic rings. The Morgan fingerprint density at radius 1 is 1.07 bits per heavy atom. The fraction of sp³-hybridized carbons (Fsp3) is 0.120. The van der Waals surface area contributed by atoms with Gasteiger partial charge in [-0.15, -0.1) is 6.42 Å². The van der Waals surface area contributed by atoms with E-state index in [1.165, 1.54) is 11.3 Å². The Hall–Kier alpha value is -3.62. The van der Waals surface area contributed by atoms with E-state index in [4.69, 9.17) is 11.2 Å². The van der Waals surface area contributed by atoms with Crippen molar-refractivity contribution in [2.75, 3.05) is 0 Å². The Kier molecular flexibility index (Phi) is 5.51. The zero-order valence-corrected chi connectivity index (χ0v) is 17.6. The molecular weight excluding hydrogens is 392 g/mol. The number of aromatic nitrogens is 1. The summed E-state index contributed by atoms with van der Waals surface area (Å²) in [6.07, 6.45) is 5.58. The molecule has 0 saturated carbocycles. The summed E-state index contributed by atoms with van der Waals surface area (Å²) in [6, 6.07) is 20.7. The molecule has 5 heteroatoms. The van der Waals surface area contributed by atoms with Crippen molar-refractivity contribution in [3.63, 3.8) is 0 Å². The Bertz CT molecular complexity index is 1340. The second-order valence-electron chi connectivity index (χ2n) is 6.96. The first-order chi connectivity index (χ1) is 14.5. The zero-order chi connectivity index (χ0) is 21.1. The second kappa shape index (κ2) is 8.40. The van der Waals surface area contributed by atoms with Gasteiger partial charge < -0.3 is 9.30 Å². The number of rotatable bonds is 4. The summed E-state index contributed by atoms with van der Waals surface area (Å²) in [5.74, 6) is 3.63. The van der Waals surface area contributed by atoms with Gasteiger partial charge in [0, 0.05) is 5.56 Å². The molecule has 3 aromatic carbocycles. The van der Waals surface area contributed by atoms with E-state index in [2.05, 4.69) is 30.0 Å². The van der Waals surface area contributed by atoms with Gasteiger partial charge >= 0.3 is 0 Å². The number of amides is 1. The van der Waals surface area contributed by atoms with Crippen LogP contribution in [0.3, 0.4) is 0 Å². The van der Waals surface area contributed by atoms with Crippen LogP contribution < -0.4 is 9.54 Å². The van der Waals surface area contributed by atoms with Crippen molar-refractivity contribution >= 4 is 27.5 Å². The van der Waals surface area contributed by atoms with Crippen molar-refractivity contribution in [1.29, 1.82) is 0 Å². The van der Waals surface area contributed by atoms with Crippen LogP contribution in [-0.2, 0) is 6.54 Å².